The molecule has 0 bridgehead atoms. The van der Waals surface area contributed by atoms with E-state index >= 15 is 0 Å². The molecule has 0 radical (unpaired) electrons. The minimum Gasteiger partial charge on any atom is -0.306 e. The first kappa shape index (κ1) is 13.7. The first-order valence-corrected chi connectivity index (χ1v) is 6.47. The second-order valence-electron chi connectivity index (χ2n) is 4.22. The van der Waals surface area contributed by atoms with E-state index in [9.17, 15) is 9.18 Å². The Bertz CT molecular complexity index is 603. The van der Waals surface area contributed by atoms with Gasteiger partial charge < -0.3 is 5.32 Å². The third kappa shape index (κ3) is 3.17. The van der Waals surface area contributed by atoms with Crippen molar-refractivity contribution in [1.82, 2.24) is 4.98 Å². The van der Waals surface area contributed by atoms with Gasteiger partial charge in [0.2, 0.25) is 0 Å². The molecule has 0 saturated carbocycles. The number of nitrogens with zero attached hydrogens (tertiary/aromatic N) is 1. The molecule has 0 spiro atoms. The van der Waals surface area contributed by atoms with Crippen LogP contribution in [0, 0.1) is 19.7 Å². The van der Waals surface area contributed by atoms with Crippen LogP contribution in [0.15, 0.2) is 34.8 Å². The van der Waals surface area contributed by atoms with E-state index < -0.39 is 11.7 Å². The highest BCUT2D eigenvalue weighted by Crippen LogP contribution is 2.21. The van der Waals surface area contributed by atoms with Crippen molar-refractivity contribution < 1.29 is 9.18 Å². The average Bonchev–Trinajstić information content (AvgIpc) is 2.26. The fourth-order valence-corrected chi connectivity index (χ4v) is 2.32. The second kappa shape index (κ2) is 5.48. The molecule has 19 heavy (non-hydrogen) atoms. The summed E-state index contributed by atoms with van der Waals surface area (Å²) in [5.41, 5.74) is 1.75. The molecule has 98 valence electrons. The van der Waals surface area contributed by atoms with Gasteiger partial charge in [-0.2, -0.15) is 0 Å². The molecule has 1 N–H and O–H groups in total. The summed E-state index contributed by atoms with van der Waals surface area (Å²) < 4.78 is 14.1. The number of carbonyl (C=O) groups excluding carboxylic acids is 1. The molecule has 0 saturated heterocycles. The summed E-state index contributed by atoms with van der Waals surface area (Å²) in [6.45, 7) is 3.74. The zero-order valence-electron chi connectivity index (χ0n) is 10.5. The number of rotatable bonds is 2. The number of halogens is 2. The van der Waals surface area contributed by atoms with E-state index in [4.69, 9.17) is 0 Å². The third-order valence-electron chi connectivity index (χ3n) is 2.53. The van der Waals surface area contributed by atoms with Gasteiger partial charge in [-0.1, -0.05) is 6.07 Å². The van der Waals surface area contributed by atoms with Crippen LogP contribution in [0.2, 0.25) is 0 Å². The molecule has 1 amide bonds. The van der Waals surface area contributed by atoms with Gasteiger partial charge in [-0.05, 0) is 59.6 Å². The summed E-state index contributed by atoms with van der Waals surface area (Å²) >= 11 is 3.17. The molecule has 2 rings (SSSR count). The molecule has 0 aliphatic carbocycles. The van der Waals surface area contributed by atoms with E-state index in [0.717, 1.165) is 11.3 Å². The van der Waals surface area contributed by atoms with Crippen molar-refractivity contribution >= 4 is 27.7 Å². The van der Waals surface area contributed by atoms with Gasteiger partial charge in [0, 0.05) is 10.2 Å². The van der Waals surface area contributed by atoms with Gasteiger partial charge in [0.25, 0.3) is 5.91 Å². The van der Waals surface area contributed by atoms with E-state index in [1.165, 1.54) is 12.1 Å². The van der Waals surface area contributed by atoms with Crippen LogP contribution >= 0.6 is 15.9 Å². The molecule has 1 heterocycles. The lowest BCUT2D eigenvalue weighted by atomic mass is 10.2. The molecule has 2 aromatic rings. The normalized spacial score (nSPS) is 10.3. The van der Waals surface area contributed by atoms with Crippen molar-refractivity contribution in [3.8, 4) is 0 Å². The van der Waals surface area contributed by atoms with E-state index in [2.05, 4.69) is 26.2 Å². The van der Waals surface area contributed by atoms with Crippen LogP contribution in [0.1, 0.15) is 21.6 Å². The summed E-state index contributed by atoms with van der Waals surface area (Å²) in [5, 5.41) is 2.60. The van der Waals surface area contributed by atoms with Crippen molar-refractivity contribution in [2.75, 3.05) is 5.32 Å². The Balaban J connectivity index is 2.31. The summed E-state index contributed by atoms with van der Waals surface area (Å²) in [4.78, 5) is 16.2. The maximum Gasteiger partial charge on any atom is 0.260 e. The number of aromatic nitrogens is 1. The highest BCUT2D eigenvalue weighted by atomic mass is 79.9. The van der Waals surface area contributed by atoms with Crippen LogP contribution in [0.3, 0.4) is 0 Å². The molecule has 1 aromatic heterocycles. The van der Waals surface area contributed by atoms with Crippen molar-refractivity contribution in [2.24, 2.45) is 0 Å². The van der Waals surface area contributed by atoms with E-state index in [0.29, 0.717) is 10.3 Å². The standard InChI is InChI=1S/C14H12BrFN2O/c1-8-6-9(2)17-12(7-8)18-14(19)13-10(15)4-3-5-11(13)16/h3-7H,1-2H3,(H,17,18,19). The van der Waals surface area contributed by atoms with Crippen molar-refractivity contribution in [3.05, 3.63) is 57.4 Å². The summed E-state index contributed by atoms with van der Waals surface area (Å²) in [7, 11) is 0. The molecule has 0 aliphatic rings. The molecule has 0 aliphatic heterocycles. The molecule has 0 unspecified atom stereocenters. The van der Waals surface area contributed by atoms with Crippen molar-refractivity contribution in [3.63, 3.8) is 0 Å². The maximum atomic E-state index is 13.7. The largest absolute Gasteiger partial charge is 0.306 e. The average molecular weight is 323 g/mol. The topological polar surface area (TPSA) is 42.0 Å². The fourth-order valence-electron chi connectivity index (χ4n) is 1.80. The minimum absolute atomic E-state index is 0.0246. The number of anilines is 1. The van der Waals surface area contributed by atoms with Gasteiger partial charge in [0.15, 0.2) is 0 Å². The predicted octanol–water partition coefficient (Wildman–Crippen LogP) is 3.85. The number of aryl methyl sites for hydroxylation is 2. The molecular formula is C14H12BrFN2O. The van der Waals surface area contributed by atoms with E-state index in [1.54, 1.807) is 12.1 Å². The van der Waals surface area contributed by atoms with E-state index in [1.807, 2.05) is 19.9 Å². The third-order valence-corrected chi connectivity index (χ3v) is 3.19. The van der Waals surface area contributed by atoms with Gasteiger partial charge in [-0.15, -0.1) is 0 Å². The summed E-state index contributed by atoms with van der Waals surface area (Å²) in [6.07, 6.45) is 0. The number of nitrogens with one attached hydrogen (secondary N) is 1. The van der Waals surface area contributed by atoms with Crippen molar-refractivity contribution in [2.45, 2.75) is 13.8 Å². The smallest absolute Gasteiger partial charge is 0.260 e. The number of pyridine rings is 1. The molecule has 5 heteroatoms. The summed E-state index contributed by atoms with van der Waals surface area (Å²) in [6, 6.07) is 8.03. The van der Waals surface area contributed by atoms with Gasteiger partial charge in [-0.25, -0.2) is 9.37 Å². The molecule has 0 atom stereocenters. The van der Waals surface area contributed by atoms with E-state index in [-0.39, 0.29) is 5.56 Å². The van der Waals surface area contributed by atoms with Gasteiger partial charge >= 0.3 is 0 Å². The molecule has 3 nitrogen and oxygen atoms in total. The summed E-state index contributed by atoms with van der Waals surface area (Å²) in [5.74, 6) is -0.684. The number of hydrogen-bond acceptors (Lipinski definition) is 2. The van der Waals surface area contributed by atoms with Gasteiger partial charge in [-0.3, -0.25) is 4.79 Å². The van der Waals surface area contributed by atoms with Crippen LogP contribution in [-0.2, 0) is 0 Å². The predicted molar refractivity (Wildman–Crippen MR) is 75.8 cm³/mol. The van der Waals surface area contributed by atoms with Crippen LogP contribution in [0.5, 0.6) is 0 Å². The van der Waals surface area contributed by atoms with Gasteiger partial charge in [0.1, 0.15) is 11.6 Å². The lowest BCUT2D eigenvalue weighted by Gasteiger charge is -2.08. The highest BCUT2D eigenvalue weighted by molar-refractivity contribution is 9.10. The van der Waals surface area contributed by atoms with Crippen LogP contribution in [0.4, 0.5) is 10.2 Å². The zero-order chi connectivity index (χ0) is 14.0. The Morgan fingerprint density at radius 1 is 1.32 bits per heavy atom. The number of amides is 1. The fraction of sp³-hybridized carbons (Fsp3) is 0.143. The maximum absolute atomic E-state index is 13.7. The van der Waals surface area contributed by atoms with Crippen LogP contribution in [0.25, 0.3) is 0 Å². The Morgan fingerprint density at radius 3 is 2.68 bits per heavy atom. The Morgan fingerprint density at radius 2 is 2.05 bits per heavy atom. The number of carbonyl (C=O) groups is 1. The molecular weight excluding hydrogens is 311 g/mol. The second-order valence-corrected chi connectivity index (χ2v) is 5.08. The van der Waals surface area contributed by atoms with Gasteiger partial charge in [0.05, 0.1) is 5.56 Å². The minimum atomic E-state index is -0.573. The number of hydrogen-bond donors (Lipinski definition) is 1. The SMILES string of the molecule is Cc1cc(C)nc(NC(=O)c2c(F)cccc2Br)c1. The quantitative estimate of drug-likeness (QED) is 0.912. The lowest BCUT2D eigenvalue weighted by molar-refractivity contribution is 0.102. The molecule has 0 fully saturated rings. The highest BCUT2D eigenvalue weighted by Gasteiger charge is 2.16. The Kier molecular flexibility index (Phi) is 3.95. The van der Waals surface area contributed by atoms with Crippen LogP contribution < -0.4 is 5.32 Å². The molecule has 1 aromatic carbocycles. The first-order chi connectivity index (χ1) is 8.97. The lowest BCUT2D eigenvalue weighted by Crippen LogP contribution is -2.15. The first-order valence-electron chi connectivity index (χ1n) is 5.68. The zero-order valence-corrected chi connectivity index (χ0v) is 12.1. The Hall–Kier alpha value is -1.75. The van der Waals surface area contributed by atoms with Crippen LogP contribution in [-0.4, -0.2) is 10.9 Å². The monoisotopic (exact) mass is 322 g/mol. The number of benzene rings is 1. The Labute approximate surface area is 119 Å². The van der Waals surface area contributed by atoms with Crippen molar-refractivity contribution in [1.29, 1.82) is 0 Å².